The zero-order valence-corrected chi connectivity index (χ0v) is 18.6. The largest absolute Gasteiger partial charge is 0.493 e. The van der Waals surface area contributed by atoms with Gasteiger partial charge in [0.1, 0.15) is 12.7 Å². The molecule has 3 N–H and O–H groups in total. The Hall–Kier alpha value is -1.34. The summed E-state index contributed by atoms with van der Waals surface area (Å²) in [5.74, 6) is 1.31. The SMILES string of the molecule is COc1cc(CNCC(C)(C)CO)ccc1OC[C@@H](O)CN(C)C1CCCCC1. The van der Waals surface area contributed by atoms with E-state index < -0.39 is 6.10 Å². The van der Waals surface area contributed by atoms with Crippen LogP contribution in [-0.4, -0.2) is 67.7 Å². The van der Waals surface area contributed by atoms with Crippen LogP contribution in [0.5, 0.6) is 11.5 Å². The quantitative estimate of drug-likeness (QED) is 0.494. The number of likely N-dealkylation sites (N-methyl/N-ethyl adjacent to an activating group) is 1. The van der Waals surface area contributed by atoms with Crippen molar-refractivity contribution in [3.05, 3.63) is 23.8 Å². The third-order valence-electron chi connectivity index (χ3n) is 5.72. The van der Waals surface area contributed by atoms with Gasteiger partial charge < -0.3 is 29.9 Å². The number of nitrogens with one attached hydrogen (secondary N) is 1. The number of rotatable bonds is 12. The highest BCUT2D eigenvalue weighted by atomic mass is 16.5. The van der Waals surface area contributed by atoms with Gasteiger partial charge in [0.05, 0.1) is 7.11 Å². The molecule has 6 nitrogen and oxygen atoms in total. The molecule has 0 amide bonds. The lowest BCUT2D eigenvalue weighted by molar-refractivity contribution is 0.0553. The fourth-order valence-corrected chi connectivity index (χ4v) is 3.78. The summed E-state index contributed by atoms with van der Waals surface area (Å²) in [5, 5.41) is 23.1. The summed E-state index contributed by atoms with van der Waals surface area (Å²) in [6, 6.07) is 6.42. The Balaban J connectivity index is 1.81. The van der Waals surface area contributed by atoms with E-state index in [0.29, 0.717) is 30.6 Å². The van der Waals surface area contributed by atoms with E-state index in [4.69, 9.17) is 9.47 Å². The Bertz CT molecular complexity index is 603. The molecule has 0 aliphatic heterocycles. The lowest BCUT2D eigenvalue weighted by Gasteiger charge is -2.32. The predicted octanol–water partition coefficient (Wildman–Crippen LogP) is 2.81. The molecule has 1 fully saturated rings. The molecule has 0 bridgehead atoms. The summed E-state index contributed by atoms with van der Waals surface area (Å²) < 4.78 is 11.3. The Morgan fingerprint density at radius 2 is 1.93 bits per heavy atom. The van der Waals surface area contributed by atoms with Gasteiger partial charge in [-0.15, -0.1) is 0 Å². The summed E-state index contributed by atoms with van der Waals surface area (Å²) in [7, 11) is 3.72. The number of aliphatic hydroxyl groups excluding tert-OH is 2. The highest BCUT2D eigenvalue weighted by Gasteiger charge is 2.21. The third-order valence-corrected chi connectivity index (χ3v) is 5.72. The average Bonchev–Trinajstić information content (AvgIpc) is 2.73. The van der Waals surface area contributed by atoms with E-state index in [1.54, 1.807) is 7.11 Å². The van der Waals surface area contributed by atoms with Gasteiger partial charge >= 0.3 is 0 Å². The molecule has 1 aromatic rings. The van der Waals surface area contributed by atoms with Crippen molar-refractivity contribution in [1.29, 1.82) is 0 Å². The average molecular weight is 409 g/mol. The minimum absolute atomic E-state index is 0.145. The van der Waals surface area contributed by atoms with Crippen LogP contribution in [-0.2, 0) is 6.54 Å². The molecule has 1 saturated carbocycles. The van der Waals surface area contributed by atoms with Crippen LogP contribution < -0.4 is 14.8 Å². The molecule has 1 aliphatic carbocycles. The molecule has 1 aliphatic rings. The van der Waals surface area contributed by atoms with Gasteiger partial charge in [-0.2, -0.15) is 0 Å². The van der Waals surface area contributed by atoms with Crippen molar-refractivity contribution >= 4 is 0 Å². The summed E-state index contributed by atoms with van der Waals surface area (Å²) in [4.78, 5) is 2.27. The van der Waals surface area contributed by atoms with Gasteiger partial charge in [0.2, 0.25) is 0 Å². The van der Waals surface area contributed by atoms with Crippen molar-refractivity contribution in [1.82, 2.24) is 10.2 Å². The second-order valence-electron chi connectivity index (χ2n) is 9.11. The molecule has 2 rings (SSSR count). The fraction of sp³-hybridized carbons (Fsp3) is 0.739. The minimum atomic E-state index is -0.534. The lowest BCUT2D eigenvalue weighted by atomic mass is 9.94. The van der Waals surface area contributed by atoms with Crippen LogP contribution in [0.25, 0.3) is 0 Å². The van der Waals surface area contributed by atoms with Crippen LogP contribution in [0.1, 0.15) is 51.5 Å². The first-order chi connectivity index (χ1) is 13.8. The van der Waals surface area contributed by atoms with E-state index >= 15 is 0 Å². The Kier molecular flexibility index (Phi) is 9.69. The normalized spacial score (nSPS) is 16.8. The van der Waals surface area contributed by atoms with Crippen molar-refractivity contribution in [2.75, 3.05) is 40.5 Å². The van der Waals surface area contributed by atoms with Gasteiger partial charge in [-0.25, -0.2) is 0 Å². The number of hydrogen-bond acceptors (Lipinski definition) is 6. The molecule has 0 radical (unpaired) electrons. The van der Waals surface area contributed by atoms with E-state index in [-0.39, 0.29) is 18.6 Å². The first-order valence-electron chi connectivity index (χ1n) is 10.8. The number of hydrogen-bond donors (Lipinski definition) is 3. The molecular formula is C23H40N2O4. The van der Waals surface area contributed by atoms with Crippen LogP contribution in [0, 0.1) is 5.41 Å². The van der Waals surface area contributed by atoms with E-state index in [9.17, 15) is 10.2 Å². The predicted molar refractivity (Wildman–Crippen MR) is 117 cm³/mol. The number of ether oxygens (including phenoxy) is 2. The maximum absolute atomic E-state index is 10.4. The van der Waals surface area contributed by atoms with Gasteiger partial charge in [0, 0.05) is 37.7 Å². The molecule has 0 heterocycles. The Morgan fingerprint density at radius 3 is 2.59 bits per heavy atom. The van der Waals surface area contributed by atoms with Gasteiger partial charge in [-0.05, 0) is 37.6 Å². The van der Waals surface area contributed by atoms with Crippen LogP contribution >= 0.6 is 0 Å². The Morgan fingerprint density at radius 1 is 1.21 bits per heavy atom. The van der Waals surface area contributed by atoms with Gasteiger partial charge in [0.15, 0.2) is 11.5 Å². The van der Waals surface area contributed by atoms with Crippen molar-refractivity contribution < 1.29 is 19.7 Å². The van der Waals surface area contributed by atoms with E-state index in [0.717, 1.165) is 12.1 Å². The first-order valence-corrected chi connectivity index (χ1v) is 10.8. The number of methoxy groups -OCH3 is 1. The van der Waals surface area contributed by atoms with E-state index in [1.165, 1.54) is 32.1 Å². The lowest BCUT2D eigenvalue weighted by Crippen LogP contribution is -2.40. The summed E-state index contributed by atoms with van der Waals surface area (Å²) in [5.41, 5.74) is 0.939. The Labute approximate surface area is 176 Å². The molecule has 1 atom stereocenters. The molecular weight excluding hydrogens is 368 g/mol. The number of nitrogens with zero attached hydrogens (tertiary/aromatic N) is 1. The van der Waals surface area contributed by atoms with Crippen LogP contribution in [0.15, 0.2) is 18.2 Å². The van der Waals surface area contributed by atoms with Crippen molar-refractivity contribution in [2.24, 2.45) is 5.41 Å². The van der Waals surface area contributed by atoms with Gasteiger partial charge in [-0.3, -0.25) is 0 Å². The molecule has 0 aromatic heterocycles. The molecule has 0 unspecified atom stereocenters. The smallest absolute Gasteiger partial charge is 0.161 e. The summed E-state index contributed by atoms with van der Waals surface area (Å²) in [6.07, 6.45) is 5.83. The first kappa shape index (κ1) is 23.9. The highest BCUT2D eigenvalue weighted by Crippen LogP contribution is 2.28. The summed E-state index contributed by atoms with van der Waals surface area (Å²) >= 11 is 0. The maximum Gasteiger partial charge on any atom is 0.161 e. The number of aliphatic hydroxyl groups is 2. The molecule has 0 spiro atoms. The maximum atomic E-state index is 10.4. The summed E-state index contributed by atoms with van der Waals surface area (Å²) in [6.45, 7) is 6.47. The van der Waals surface area contributed by atoms with Crippen molar-refractivity contribution in [2.45, 2.75) is 64.6 Å². The molecule has 29 heavy (non-hydrogen) atoms. The van der Waals surface area contributed by atoms with Crippen molar-refractivity contribution in [3.63, 3.8) is 0 Å². The van der Waals surface area contributed by atoms with Gasteiger partial charge in [-0.1, -0.05) is 39.2 Å². The fourth-order valence-electron chi connectivity index (χ4n) is 3.78. The van der Waals surface area contributed by atoms with Crippen LogP contribution in [0.2, 0.25) is 0 Å². The molecule has 1 aromatic carbocycles. The highest BCUT2D eigenvalue weighted by molar-refractivity contribution is 5.43. The minimum Gasteiger partial charge on any atom is -0.493 e. The molecule has 6 heteroatoms. The van der Waals surface area contributed by atoms with Crippen LogP contribution in [0.3, 0.4) is 0 Å². The second-order valence-corrected chi connectivity index (χ2v) is 9.11. The number of benzene rings is 1. The monoisotopic (exact) mass is 408 g/mol. The zero-order valence-electron chi connectivity index (χ0n) is 18.6. The van der Waals surface area contributed by atoms with Gasteiger partial charge in [0.25, 0.3) is 0 Å². The van der Waals surface area contributed by atoms with E-state index in [1.807, 2.05) is 32.0 Å². The standard InChI is InChI=1S/C23H40N2O4/c1-23(2,17-26)16-24-13-18-10-11-21(22(12-18)28-4)29-15-20(27)14-25(3)19-8-6-5-7-9-19/h10-12,19-20,24,26-27H,5-9,13-17H2,1-4H3/t20-/m0/s1. The molecule has 166 valence electrons. The zero-order chi connectivity index (χ0) is 21.3. The molecule has 0 saturated heterocycles. The second kappa shape index (κ2) is 11.7. The van der Waals surface area contributed by atoms with Crippen LogP contribution in [0.4, 0.5) is 0 Å². The third kappa shape index (κ3) is 8.13. The topological polar surface area (TPSA) is 74.2 Å². The van der Waals surface area contributed by atoms with E-state index in [2.05, 4.69) is 17.3 Å². The van der Waals surface area contributed by atoms with Crippen molar-refractivity contribution in [3.8, 4) is 11.5 Å².